The molecule has 1 unspecified atom stereocenters. The van der Waals surface area contributed by atoms with Gasteiger partial charge in [-0.2, -0.15) is 6.07 Å². The minimum atomic E-state index is 0. The molecule has 2 aliphatic rings. The molecular weight excluding hydrogens is 793 g/mol. The van der Waals surface area contributed by atoms with E-state index in [4.69, 9.17) is 0 Å². The number of anilines is 1. The van der Waals surface area contributed by atoms with Crippen molar-refractivity contribution >= 4 is 21.9 Å². The standard InChI is InChI=1S/C30H33.C17H18N.C2H6Si.2ClH.Zr/c1-20-16-24-18-23(21-8-12-25(13-9-21)29(2,3)4)19-28(27(24)17-20)22-10-14-26(15-11-22)30(5,6)7;1-12(2)14-10-15-9-13(3)18(17(15)11-14)16-7-5-4-6-8-16;1-3-2;;;/h8-19H,1-7H3;4-9,11-13H,1-3H3;1-2H3;2*1H;/q2*-1;;;;+2/p-2. The summed E-state index contributed by atoms with van der Waals surface area (Å²) in [6.45, 7) is 27.1. The molecule has 1 aliphatic heterocycles. The number of hydrogen-bond donors (Lipinski definition) is 0. The van der Waals surface area contributed by atoms with Crippen LogP contribution in [0.5, 0.6) is 0 Å². The van der Waals surface area contributed by atoms with Crippen molar-refractivity contribution in [3.8, 4) is 22.3 Å². The van der Waals surface area contributed by atoms with Crippen LogP contribution in [0.4, 0.5) is 5.69 Å². The van der Waals surface area contributed by atoms with Gasteiger partial charge in [0, 0.05) is 11.7 Å². The number of para-hydroxylation sites is 1. The Labute approximate surface area is 354 Å². The van der Waals surface area contributed by atoms with Gasteiger partial charge < -0.3 is 29.7 Å². The first-order valence-corrected chi connectivity index (χ1v) is 25.0. The summed E-state index contributed by atoms with van der Waals surface area (Å²) in [5.74, 6) is 0.539. The molecule has 54 heavy (non-hydrogen) atoms. The molecule has 1 atom stereocenters. The number of fused-ring (bicyclic) bond motifs is 2. The number of nitrogens with zero attached hydrogens (tertiary/aromatic N) is 1. The van der Waals surface area contributed by atoms with Gasteiger partial charge in [0.15, 0.2) is 0 Å². The van der Waals surface area contributed by atoms with E-state index in [-0.39, 0.29) is 41.1 Å². The van der Waals surface area contributed by atoms with E-state index in [0.717, 1.165) is 0 Å². The number of rotatable bonds is 4. The van der Waals surface area contributed by atoms with Crippen LogP contribution in [0.3, 0.4) is 0 Å². The van der Waals surface area contributed by atoms with Gasteiger partial charge in [-0.05, 0) is 58.1 Å². The molecular formula is C49H57Cl2NSiZr-2. The summed E-state index contributed by atoms with van der Waals surface area (Å²) in [7, 11) is 0. The first kappa shape index (κ1) is 45.6. The fourth-order valence-electron chi connectivity index (χ4n) is 6.80. The van der Waals surface area contributed by atoms with Crippen LogP contribution in [0.1, 0.15) is 79.0 Å². The molecule has 5 aromatic rings. The van der Waals surface area contributed by atoms with Gasteiger partial charge in [-0.15, -0.1) is 57.8 Å². The van der Waals surface area contributed by atoms with Crippen LogP contribution in [-0.2, 0) is 34.2 Å². The molecule has 0 saturated heterocycles. The molecule has 7 rings (SSSR count). The number of allylic oxidation sites excluding steroid dienone is 3. The molecule has 1 nitrogen and oxygen atoms in total. The predicted octanol–water partition coefficient (Wildman–Crippen LogP) is 7.69. The SMILES string of the molecule is CC(C)C1=[C-]C2=CC(C)N(c3ccccc3)C2=C1.C[Si](C)=[Zr+2].Cc1cc2c(-c3ccc(C(C)(C)C)cc3)cc(-c3ccc(C(C)(C)C)cc3)cc2[cH-]1.[Cl-].[Cl-]. The molecule has 1 aliphatic carbocycles. The van der Waals surface area contributed by atoms with E-state index >= 15 is 0 Å². The summed E-state index contributed by atoms with van der Waals surface area (Å²) in [5, 5.41) is 2.66. The van der Waals surface area contributed by atoms with Crippen LogP contribution in [0.15, 0.2) is 132 Å². The van der Waals surface area contributed by atoms with Crippen LogP contribution in [0.2, 0.25) is 13.1 Å². The van der Waals surface area contributed by atoms with Gasteiger partial charge in [0.1, 0.15) is 0 Å². The van der Waals surface area contributed by atoms with E-state index in [2.05, 4.69) is 209 Å². The first-order valence-electron chi connectivity index (χ1n) is 18.8. The van der Waals surface area contributed by atoms with Gasteiger partial charge >= 0.3 is 41.9 Å². The minimum Gasteiger partial charge on any atom is -1.00 e. The minimum absolute atomic E-state index is 0. The number of benzene rings is 4. The summed E-state index contributed by atoms with van der Waals surface area (Å²) in [4.78, 5) is 2.39. The Hall–Kier alpha value is -2.81. The van der Waals surface area contributed by atoms with Crippen LogP contribution in [0, 0.1) is 18.9 Å². The van der Waals surface area contributed by atoms with Crippen LogP contribution in [0.25, 0.3) is 33.0 Å². The maximum absolute atomic E-state index is 3.53. The normalized spacial score (nSPS) is 14.8. The Morgan fingerprint density at radius 1 is 0.741 bits per heavy atom. The fourth-order valence-corrected chi connectivity index (χ4v) is 6.80. The zero-order valence-electron chi connectivity index (χ0n) is 34.3. The van der Waals surface area contributed by atoms with Gasteiger partial charge in [-0.3, -0.25) is 0 Å². The largest absolute Gasteiger partial charge is 1.00 e. The topological polar surface area (TPSA) is 3.24 Å². The molecule has 1 heterocycles. The quantitative estimate of drug-likeness (QED) is 0.133. The van der Waals surface area contributed by atoms with E-state index in [9.17, 15) is 0 Å². The maximum Gasteiger partial charge on any atom is -0.0132 e. The van der Waals surface area contributed by atoms with Crippen molar-refractivity contribution in [1.82, 2.24) is 0 Å². The zero-order valence-corrected chi connectivity index (χ0v) is 39.3. The van der Waals surface area contributed by atoms with Crippen molar-refractivity contribution in [3.63, 3.8) is 0 Å². The molecule has 0 radical (unpaired) electrons. The van der Waals surface area contributed by atoms with Gasteiger partial charge in [0.2, 0.25) is 0 Å². The Balaban J connectivity index is 0.000000279. The monoisotopic (exact) mass is 847 g/mol. The number of halogens is 2. The van der Waals surface area contributed by atoms with E-state index in [1.807, 2.05) is 0 Å². The smallest absolute Gasteiger partial charge is 0.0132 e. The van der Waals surface area contributed by atoms with Crippen molar-refractivity contribution in [1.29, 1.82) is 0 Å². The van der Waals surface area contributed by atoms with Crippen molar-refractivity contribution < 1.29 is 48.1 Å². The molecule has 0 N–H and O–H groups in total. The molecule has 0 saturated carbocycles. The number of aryl methyl sites for hydroxylation is 1. The van der Waals surface area contributed by atoms with Crippen LogP contribution >= 0.6 is 0 Å². The van der Waals surface area contributed by atoms with Gasteiger partial charge in [0.05, 0.1) is 0 Å². The average Bonchev–Trinajstić information content (AvgIpc) is 3.75. The molecule has 5 aromatic carbocycles. The third-order valence-electron chi connectivity index (χ3n) is 9.69. The van der Waals surface area contributed by atoms with E-state index in [1.165, 1.54) is 72.2 Å². The van der Waals surface area contributed by atoms with Crippen LogP contribution < -0.4 is 29.7 Å². The second kappa shape index (κ2) is 18.9. The third kappa shape index (κ3) is 11.2. The molecule has 0 amide bonds. The summed E-state index contributed by atoms with van der Waals surface area (Å²) in [5.41, 5.74) is 14.9. The molecule has 5 heteroatoms. The second-order valence-corrected chi connectivity index (χ2v) is 26.4. The van der Waals surface area contributed by atoms with Gasteiger partial charge in [0.25, 0.3) is 0 Å². The first-order chi connectivity index (χ1) is 24.4. The summed E-state index contributed by atoms with van der Waals surface area (Å²) >= 11 is 1.74. The Kier molecular flexibility index (Phi) is 15.9. The van der Waals surface area contributed by atoms with Crippen molar-refractivity contribution in [2.45, 2.75) is 99.2 Å². The van der Waals surface area contributed by atoms with Crippen molar-refractivity contribution in [2.24, 2.45) is 5.92 Å². The molecule has 0 spiro atoms. The van der Waals surface area contributed by atoms with Crippen LogP contribution in [-0.4, -0.2) is 11.5 Å². The molecule has 0 aromatic heterocycles. The summed E-state index contributed by atoms with van der Waals surface area (Å²) in [6.07, 6.45) is 8.11. The molecule has 0 fully saturated rings. The Bertz CT molecular complexity index is 2120. The van der Waals surface area contributed by atoms with Crippen molar-refractivity contribution in [2.75, 3.05) is 4.90 Å². The van der Waals surface area contributed by atoms with Gasteiger partial charge in [-0.25, -0.2) is 0 Å². The maximum atomic E-state index is 3.53. The van der Waals surface area contributed by atoms with Crippen molar-refractivity contribution in [3.05, 3.63) is 155 Å². The summed E-state index contributed by atoms with van der Waals surface area (Å²) in [6, 6.07) is 38.5. The van der Waals surface area contributed by atoms with E-state index in [0.29, 0.717) is 12.0 Å². The molecule has 282 valence electrons. The van der Waals surface area contributed by atoms with Gasteiger partial charge in [-0.1, -0.05) is 152 Å². The average molecular weight is 850 g/mol. The van der Waals surface area contributed by atoms with E-state index < -0.39 is 0 Å². The van der Waals surface area contributed by atoms with E-state index in [1.54, 1.807) is 23.3 Å². The second-order valence-electron chi connectivity index (χ2n) is 17.0. The fraction of sp³-hybridized carbons (Fsp3) is 0.327. The Morgan fingerprint density at radius 2 is 1.26 bits per heavy atom. The molecule has 0 bridgehead atoms. The summed E-state index contributed by atoms with van der Waals surface area (Å²) < 4.78 is 0. The Morgan fingerprint density at radius 3 is 1.76 bits per heavy atom. The predicted molar refractivity (Wildman–Crippen MR) is 226 cm³/mol. The zero-order chi connectivity index (χ0) is 38.0. The number of hydrogen-bond acceptors (Lipinski definition) is 1. The third-order valence-corrected chi connectivity index (χ3v) is 9.69.